The average Bonchev–Trinajstić information content (AvgIpc) is 3.27. The van der Waals surface area contributed by atoms with Gasteiger partial charge in [-0.1, -0.05) is 42.4 Å². The van der Waals surface area contributed by atoms with Gasteiger partial charge in [0.05, 0.1) is 16.2 Å². The summed E-state index contributed by atoms with van der Waals surface area (Å²) in [5.74, 6) is -0.126. The minimum absolute atomic E-state index is 0.116. The Morgan fingerprint density at radius 2 is 1.77 bits per heavy atom. The molecule has 0 aliphatic carbocycles. The summed E-state index contributed by atoms with van der Waals surface area (Å²) in [5.41, 5.74) is 3.96. The molecule has 10 heteroatoms. The Bertz CT molecular complexity index is 1530. The molecule has 0 bridgehead atoms. The van der Waals surface area contributed by atoms with Gasteiger partial charge in [-0.15, -0.1) is 10.2 Å². The Kier molecular flexibility index (Phi) is 6.52. The van der Waals surface area contributed by atoms with Gasteiger partial charge in [0.2, 0.25) is 15.9 Å². The van der Waals surface area contributed by atoms with Crippen LogP contribution in [0.15, 0.2) is 58.6 Å². The summed E-state index contributed by atoms with van der Waals surface area (Å²) in [6.07, 6.45) is 2.80. The van der Waals surface area contributed by atoms with Gasteiger partial charge >= 0.3 is 0 Å². The molecule has 2 aromatic carbocycles. The normalized spacial score (nSPS) is 15.0. The zero-order valence-electron chi connectivity index (χ0n) is 19.7. The highest BCUT2D eigenvalue weighted by atomic mass is 32.2. The highest BCUT2D eigenvalue weighted by Gasteiger charge is 2.27. The summed E-state index contributed by atoms with van der Waals surface area (Å²) in [6, 6.07) is 15.0. The van der Waals surface area contributed by atoms with Gasteiger partial charge in [0.25, 0.3) is 0 Å². The monoisotopic (exact) mass is 509 g/mol. The van der Waals surface area contributed by atoms with Crippen molar-refractivity contribution in [3.05, 3.63) is 59.7 Å². The van der Waals surface area contributed by atoms with Gasteiger partial charge in [-0.3, -0.25) is 9.20 Å². The second kappa shape index (κ2) is 9.60. The van der Waals surface area contributed by atoms with E-state index in [1.165, 1.54) is 11.8 Å². The molecule has 0 unspecified atom stereocenters. The largest absolute Gasteiger partial charge is 0.325 e. The zero-order chi connectivity index (χ0) is 24.6. The smallest absolute Gasteiger partial charge is 0.243 e. The molecule has 4 aromatic rings. The molecular weight excluding hydrogens is 482 g/mol. The minimum Gasteiger partial charge on any atom is -0.325 e. The minimum atomic E-state index is -3.59. The lowest BCUT2D eigenvalue weighted by Crippen LogP contribution is -2.36. The van der Waals surface area contributed by atoms with Crippen LogP contribution in [-0.2, 0) is 14.8 Å². The maximum absolute atomic E-state index is 13.2. The highest BCUT2D eigenvalue weighted by Crippen LogP contribution is 2.28. The van der Waals surface area contributed by atoms with Crippen LogP contribution in [0.2, 0.25) is 0 Å². The van der Waals surface area contributed by atoms with Crippen LogP contribution in [0.5, 0.6) is 0 Å². The second-order valence-electron chi connectivity index (χ2n) is 8.80. The number of amides is 1. The number of aromatic nitrogens is 3. The molecule has 3 heterocycles. The zero-order valence-corrected chi connectivity index (χ0v) is 21.3. The number of nitrogens with zero attached hydrogens (tertiary/aromatic N) is 4. The van der Waals surface area contributed by atoms with Gasteiger partial charge in [-0.05, 0) is 62.1 Å². The number of hydrogen-bond acceptors (Lipinski definition) is 6. The molecule has 35 heavy (non-hydrogen) atoms. The van der Waals surface area contributed by atoms with Crippen LogP contribution in [0.4, 0.5) is 5.69 Å². The van der Waals surface area contributed by atoms with Crippen LogP contribution >= 0.6 is 11.8 Å². The molecule has 0 radical (unpaired) electrons. The number of sulfonamides is 1. The Labute approximate surface area is 208 Å². The van der Waals surface area contributed by atoms with Crippen LogP contribution in [0.1, 0.15) is 30.4 Å². The summed E-state index contributed by atoms with van der Waals surface area (Å²) in [4.78, 5) is 13.0. The van der Waals surface area contributed by atoms with E-state index in [2.05, 4.69) is 21.6 Å². The number of benzene rings is 2. The Morgan fingerprint density at radius 3 is 2.57 bits per heavy atom. The third-order valence-corrected chi connectivity index (χ3v) is 9.28. The maximum Gasteiger partial charge on any atom is 0.243 e. The van der Waals surface area contributed by atoms with Crippen LogP contribution in [0.25, 0.3) is 16.6 Å². The maximum atomic E-state index is 13.2. The van der Waals surface area contributed by atoms with E-state index in [-0.39, 0.29) is 16.6 Å². The number of nitrogens with one attached hydrogen (secondary N) is 1. The number of pyridine rings is 1. The lowest BCUT2D eigenvalue weighted by atomic mass is 10.1. The van der Waals surface area contributed by atoms with E-state index in [4.69, 9.17) is 0 Å². The number of aryl methyl sites for hydroxylation is 2. The van der Waals surface area contributed by atoms with E-state index in [1.54, 1.807) is 29.4 Å². The fourth-order valence-electron chi connectivity index (χ4n) is 4.50. The van der Waals surface area contributed by atoms with Crippen molar-refractivity contribution in [2.24, 2.45) is 0 Å². The second-order valence-corrected chi connectivity index (χ2v) is 11.7. The van der Waals surface area contributed by atoms with Gasteiger partial charge in [0.15, 0.2) is 10.8 Å². The van der Waals surface area contributed by atoms with E-state index >= 15 is 0 Å². The first-order valence-electron chi connectivity index (χ1n) is 11.6. The predicted molar refractivity (Wildman–Crippen MR) is 138 cm³/mol. The number of rotatable bonds is 6. The standard InChI is InChI=1S/C25H27N5O3S2/c1-17-10-11-19(15-22(17)35(32,33)29-12-6-3-7-13-29)26-24(31)16-34-25-28-27-23-14-18(2)20-8-4-5-9-21(20)30(23)25/h4-5,8-11,14-15H,3,6-7,12-13,16H2,1-2H3,(H,26,31). The Hall–Kier alpha value is -2.95. The molecule has 2 aromatic heterocycles. The van der Waals surface area contributed by atoms with Crippen molar-refractivity contribution < 1.29 is 13.2 Å². The van der Waals surface area contributed by atoms with Gasteiger partial charge in [-0.2, -0.15) is 4.31 Å². The third-order valence-electron chi connectivity index (χ3n) is 6.31. The molecule has 0 saturated carbocycles. The van der Waals surface area contributed by atoms with E-state index in [1.807, 2.05) is 35.6 Å². The Morgan fingerprint density at radius 1 is 1.00 bits per heavy atom. The van der Waals surface area contributed by atoms with E-state index in [0.717, 1.165) is 41.4 Å². The van der Waals surface area contributed by atoms with Crippen molar-refractivity contribution in [2.45, 2.75) is 43.2 Å². The first-order chi connectivity index (χ1) is 16.8. The van der Waals surface area contributed by atoms with Gasteiger partial charge in [-0.25, -0.2) is 8.42 Å². The van der Waals surface area contributed by atoms with Crippen LogP contribution in [0.3, 0.4) is 0 Å². The van der Waals surface area contributed by atoms with Gasteiger partial charge in [0, 0.05) is 24.2 Å². The summed E-state index contributed by atoms with van der Waals surface area (Å²) in [5, 5.41) is 13.1. The quantitative estimate of drug-likeness (QED) is 0.387. The van der Waals surface area contributed by atoms with E-state index < -0.39 is 10.0 Å². The number of piperidine rings is 1. The summed E-state index contributed by atoms with van der Waals surface area (Å²) >= 11 is 1.29. The van der Waals surface area contributed by atoms with E-state index in [9.17, 15) is 13.2 Å². The molecule has 1 aliphatic heterocycles. The van der Waals surface area contributed by atoms with Crippen molar-refractivity contribution in [3.63, 3.8) is 0 Å². The molecule has 1 saturated heterocycles. The van der Waals surface area contributed by atoms with E-state index in [0.29, 0.717) is 29.5 Å². The fraction of sp³-hybridized carbons (Fsp3) is 0.320. The number of carbonyl (C=O) groups excluding carboxylic acids is 1. The third kappa shape index (κ3) is 4.65. The first-order valence-corrected chi connectivity index (χ1v) is 14.0. The predicted octanol–water partition coefficient (Wildman–Crippen LogP) is 4.40. The van der Waals surface area contributed by atoms with Crippen molar-refractivity contribution in [3.8, 4) is 0 Å². The van der Waals surface area contributed by atoms with Crippen molar-refractivity contribution in [1.29, 1.82) is 0 Å². The van der Waals surface area contributed by atoms with Crippen molar-refractivity contribution in [2.75, 3.05) is 24.2 Å². The van der Waals surface area contributed by atoms with Crippen LogP contribution in [-0.4, -0.2) is 52.1 Å². The summed E-state index contributed by atoms with van der Waals surface area (Å²) in [6.45, 7) is 4.89. The summed E-state index contributed by atoms with van der Waals surface area (Å²) < 4.78 is 29.8. The molecule has 182 valence electrons. The SMILES string of the molecule is Cc1ccc(NC(=O)CSc2nnc3cc(C)c4ccccc4n23)cc1S(=O)(=O)N1CCCCC1. The van der Waals surface area contributed by atoms with Crippen molar-refractivity contribution in [1.82, 2.24) is 18.9 Å². The topological polar surface area (TPSA) is 96.7 Å². The van der Waals surface area contributed by atoms with Crippen LogP contribution in [0, 0.1) is 13.8 Å². The Balaban J connectivity index is 1.33. The van der Waals surface area contributed by atoms with Crippen LogP contribution < -0.4 is 5.32 Å². The number of carbonyl (C=O) groups is 1. The number of fused-ring (bicyclic) bond motifs is 3. The van der Waals surface area contributed by atoms with Crippen molar-refractivity contribution >= 4 is 49.9 Å². The lowest BCUT2D eigenvalue weighted by molar-refractivity contribution is -0.113. The number of thioether (sulfide) groups is 1. The summed E-state index contributed by atoms with van der Waals surface area (Å²) in [7, 11) is -3.59. The molecule has 8 nitrogen and oxygen atoms in total. The lowest BCUT2D eigenvalue weighted by Gasteiger charge is -2.26. The average molecular weight is 510 g/mol. The molecule has 1 amide bonds. The molecule has 0 atom stereocenters. The first kappa shape index (κ1) is 23.8. The molecule has 0 spiro atoms. The molecule has 1 aliphatic rings. The molecule has 5 rings (SSSR count). The van der Waals surface area contributed by atoms with Gasteiger partial charge < -0.3 is 5.32 Å². The van der Waals surface area contributed by atoms with Gasteiger partial charge in [0.1, 0.15) is 0 Å². The highest BCUT2D eigenvalue weighted by molar-refractivity contribution is 7.99. The number of anilines is 1. The molecular formula is C25H27N5O3S2. The number of para-hydroxylation sites is 1. The fourth-order valence-corrected chi connectivity index (χ4v) is 7.02. The molecule has 1 N–H and O–H groups in total. The molecule has 1 fully saturated rings. The number of hydrogen-bond donors (Lipinski definition) is 1.